The molecule has 0 radical (unpaired) electrons. The second-order valence-electron chi connectivity index (χ2n) is 5.27. The number of amides is 2. The van der Waals surface area contributed by atoms with Crippen LogP contribution < -0.4 is 15.4 Å². The van der Waals surface area contributed by atoms with Crippen LogP contribution in [0.4, 0.5) is 4.79 Å². The lowest BCUT2D eigenvalue weighted by Gasteiger charge is -2.18. The van der Waals surface area contributed by atoms with Crippen LogP contribution in [0.25, 0.3) is 0 Å². The number of carbonyl (C=O) groups is 1. The Kier molecular flexibility index (Phi) is 5.99. The minimum atomic E-state index is -0.833. The van der Waals surface area contributed by atoms with Crippen molar-refractivity contribution in [3.63, 3.8) is 0 Å². The molecule has 23 heavy (non-hydrogen) atoms. The highest BCUT2D eigenvalue weighted by Gasteiger charge is 2.14. The Bertz CT molecular complexity index is 616. The smallest absolute Gasteiger partial charge is 0.315 e. The summed E-state index contributed by atoms with van der Waals surface area (Å²) in [6.07, 6.45) is 4.39. The fourth-order valence-corrected chi connectivity index (χ4v) is 2.27. The number of aliphatic hydroxyl groups is 1. The Balaban J connectivity index is 1.79. The quantitative estimate of drug-likeness (QED) is 0.718. The molecule has 0 saturated heterocycles. The van der Waals surface area contributed by atoms with Gasteiger partial charge in [0, 0.05) is 37.1 Å². The van der Waals surface area contributed by atoms with Gasteiger partial charge in [0.1, 0.15) is 5.75 Å². The van der Waals surface area contributed by atoms with Crippen molar-refractivity contribution >= 4 is 6.03 Å². The van der Waals surface area contributed by atoms with Gasteiger partial charge in [0.15, 0.2) is 0 Å². The highest BCUT2D eigenvalue weighted by Crippen LogP contribution is 2.23. The number of para-hydroxylation sites is 1. The van der Waals surface area contributed by atoms with E-state index in [1.54, 1.807) is 31.8 Å². The first-order valence-corrected chi connectivity index (χ1v) is 7.41. The number of urea groups is 1. The molecular weight excluding hydrogens is 296 g/mol. The second-order valence-corrected chi connectivity index (χ2v) is 5.27. The van der Waals surface area contributed by atoms with Crippen molar-refractivity contribution in [3.8, 4) is 5.75 Å². The Labute approximate surface area is 135 Å². The van der Waals surface area contributed by atoms with Gasteiger partial charge in [-0.1, -0.05) is 18.2 Å². The molecule has 2 amide bonds. The molecule has 7 heteroatoms. The molecule has 2 aromatic rings. The third-order valence-electron chi connectivity index (χ3n) is 3.38. The van der Waals surface area contributed by atoms with E-state index in [1.807, 2.05) is 29.8 Å². The molecule has 7 nitrogen and oxygen atoms in total. The molecule has 0 aliphatic heterocycles. The number of hydrogen-bond acceptors (Lipinski definition) is 4. The lowest BCUT2D eigenvalue weighted by molar-refractivity contribution is 0.168. The molecule has 0 fully saturated rings. The Hall–Kier alpha value is -2.54. The van der Waals surface area contributed by atoms with Crippen LogP contribution in [0.15, 0.2) is 43.0 Å². The van der Waals surface area contributed by atoms with Crippen LogP contribution in [-0.4, -0.2) is 40.4 Å². The predicted octanol–water partition coefficient (Wildman–Crippen LogP) is 1.31. The molecule has 0 aliphatic carbocycles. The third kappa shape index (κ3) is 5.00. The van der Waals surface area contributed by atoms with Crippen molar-refractivity contribution in [2.75, 3.05) is 13.7 Å². The number of carbonyl (C=O) groups excluding carboxylic acids is 1. The molecule has 0 spiro atoms. The van der Waals surface area contributed by atoms with E-state index < -0.39 is 6.10 Å². The molecule has 0 bridgehead atoms. The van der Waals surface area contributed by atoms with Crippen molar-refractivity contribution in [3.05, 3.63) is 48.5 Å². The average molecular weight is 318 g/mol. The van der Waals surface area contributed by atoms with Crippen LogP contribution in [0.3, 0.4) is 0 Å². The lowest BCUT2D eigenvalue weighted by atomic mass is 10.1. The first-order chi connectivity index (χ1) is 11.1. The van der Waals surface area contributed by atoms with Gasteiger partial charge in [0.05, 0.1) is 19.5 Å². The molecule has 2 rings (SSSR count). The minimum Gasteiger partial charge on any atom is -0.496 e. The number of aromatic nitrogens is 2. The van der Waals surface area contributed by atoms with E-state index in [9.17, 15) is 9.90 Å². The molecule has 2 atom stereocenters. The second kappa shape index (κ2) is 8.19. The van der Waals surface area contributed by atoms with Crippen LogP contribution in [0.1, 0.15) is 18.6 Å². The van der Waals surface area contributed by atoms with E-state index in [4.69, 9.17) is 4.74 Å². The van der Waals surface area contributed by atoms with E-state index in [1.165, 1.54) is 0 Å². The van der Waals surface area contributed by atoms with Crippen molar-refractivity contribution < 1.29 is 14.6 Å². The fraction of sp³-hybridized carbons (Fsp3) is 0.375. The largest absolute Gasteiger partial charge is 0.496 e. The van der Waals surface area contributed by atoms with Crippen molar-refractivity contribution in [1.29, 1.82) is 0 Å². The molecule has 1 aromatic heterocycles. The number of methoxy groups -OCH3 is 1. The zero-order valence-corrected chi connectivity index (χ0v) is 13.3. The maximum absolute atomic E-state index is 11.9. The van der Waals surface area contributed by atoms with Crippen LogP contribution in [0, 0.1) is 0 Å². The third-order valence-corrected chi connectivity index (χ3v) is 3.38. The molecule has 1 heterocycles. The topological polar surface area (TPSA) is 88.4 Å². The summed E-state index contributed by atoms with van der Waals surface area (Å²) in [5, 5.41) is 15.7. The molecule has 3 N–H and O–H groups in total. The summed E-state index contributed by atoms with van der Waals surface area (Å²) in [5.74, 6) is 0.593. The zero-order valence-electron chi connectivity index (χ0n) is 13.3. The van der Waals surface area contributed by atoms with Gasteiger partial charge in [0.2, 0.25) is 0 Å². The molecule has 0 unspecified atom stereocenters. The van der Waals surface area contributed by atoms with Crippen LogP contribution >= 0.6 is 0 Å². The van der Waals surface area contributed by atoms with Gasteiger partial charge in [-0.3, -0.25) is 0 Å². The predicted molar refractivity (Wildman–Crippen MR) is 86.2 cm³/mol. The molecule has 124 valence electrons. The number of nitrogens with one attached hydrogen (secondary N) is 2. The molecule has 0 aliphatic rings. The summed E-state index contributed by atoms with van der Waals surface area (Å²) >= 11 is 0. The van der Waals surface area contributed by atoms with E-state index in [-0.39, 0.29) is 18.6 Å². The summed E-state index contributed by atoms with van der Waals surface area (Å²) in [4.78, 5) is 15.8. The number of ether oxygens (including phenoxy) is 1. The van der Waals surface area contributed by atoms with E-state index in [0.29, 0.717) is 17.9 Å². The Morgan fingerprint density at radius 1 is 1.43 bits per heavy atom. The van der Waals surface area contributed by atoms with Gasteiger partial charge in [-0.15, -0.1) is 0 Å². The number of aliphatic hydroxyl groups excluding tert-OH is 1. The van der Waals surface area contributed by atoms with E-state index >= 15 is 0 Å². The summed E-state index contributed by atoms with van der Waals surface area (Å²) in [5.41, 5.74) is 0.641. The van der Waals surface area contributed by atoms with Crippen LogP contribution in [0.2, 0.25) is 0 Å². The van der Waals surface area contributed by atoms with Crippen LogP contribution in [-0.2, 0) is 6.54 Å². The van der Waals surface area contributed by atoms with Gasteiger partial charge in [-0.05, 0) is 13.0 Å². The summed E-state index contributed by atoms with van der Waals surface area (Å²) < 4.78 is 7.08. The van der Waals surface area contributed by atoms with E-state index in [2.05, 4.69) is 15.6 Å². The summed E-state index contributed by atoms with van der Waals surface area (Å²) in [6, 6.07) is 6.79. The van der Waals surface area contributed by atoms with E-state index in [0.717, 1.165) is 0 Å². The number of hydrogen-bond donors (Lipinski definition) is 3. The zero-order chi connectivity index (χ0) is 16.7. The average Bonchev–Trinajstić information content (AvgIpc) is 3.05. The van der Waals surface area contributed by atoms with Crippen LogP contribution in [0.5, 0.6) is 5.75 Å². The molecular formula is C16H22N4O3. The Morgan fingerprint density at radius 2 is 2.22 bits per heavy atom. The minimum absolute atomic E-state index is 0.0624. The van der Waals surface area contributed by atoms with Gasteiger partial charge in [-0.25, -0.2) is 9.78 Å². The van der Waals surface area contributed by atoms with Gasteiger partial charge >= 0.3 is 6.03 Å². The number of nitrogens with zero attached hydrogens (tertiary/aromatic N) is 2. The van der Waals surface area contributed by atoms with Crippen molar-refractivity contribution in [2.45, 2.75) is 25.6 Å². The Morgan fingerprint density at radius 3 is 2.91 bits per heavy atom. The fourth-order valence-electron chi connectivity index (χ4n) is 2.27. The number of rotatable bonds is 7. The maximum Gasteiger partial charge on any atom is 0.315 e. The molecule has 1 aromatic carbocycles. The number of imidazole rings is 1. The maximum atomic E-state index is 11.9. The first kappa shape index (κ1) is 16.8. The lowest BCUT2D eigenvalue weighted by Crippen LogP contribution is -2.43. The van der Waals surface area contributed by atoms with Crippen molar-refractivity contribution in [1.82, 2.24) is 20.2 Å². The summed E-state index contributed by atoms with van der Waals surface area (Å²) in [6.45, 7) is 2.63. The SMILES string of the molecule is COc1ccccc1[C@@H](O)CNC(=O)N[C@@H](C)Cn1ccnc1. The highest BCUT2D eigenvalue weighted by atomic mass is 16.5. The van der Waals surface area contributed by atoms with Gasteiger partial charge in [0.25, 0.3) is 0 Å². The van der Waals surface area contributed by atoms with Gasteiger partial charge < -0.3 is 25.0 Å². The first-order valence-electron chi connectivity index (χ1n) is 7.41. The summed E-state index contributed by atoms with van der Waals surface area (Å²) in [7, 11) is 1.55. The standard InChI is InChI=1S/C16H22N4O3/c1-12(10-20-8-7-17-11-20)19-16(22)18-9-14(21)13-5-3-4-6-15(13)23-2/h3-8,11-12,14,21H,9-10H2,1-2H3,(H2,18,19,22)/t12-,14-/m0/s1. The highest BCUT2D eigenvalue weighted by molar-refractivity contribution is 5.74. The van der Waals surface area contributed by atoms with Gasteiger partial charge in [-0.2, -0.15) is 0 Å². The monoisotopic (exact) mass is 318 g/mol. The molecule has 0 saturated carbocycles. The van der Waals surface area contributed by atoms with Crippen molar-refractivity contribution in [2.24, 2.45) is 0 Å². The normalized spacial score (nSPS) is 13.2. The number of benzene rings is 1.